The van der Waals surface area contributed by atoms with E-state index in [0.717, 1.165) is 23.1 Å². The molecule has 0 radical (unpaired) electrons. The zero-order chi connectivity index (χ0) is 14.8. The molecular formula is C17H28BrNO. The minimum atomic E-state index is -0.0267. The zero-order valence-corrected chi connectivity index (χ0v) is 14.4. The molecule has 1 rings (SSSR count). The van der Waals surface area contributed by atoms with Crippen molar-refractivity contribution in [2.24, 2.45) is 5.73 Å². The van der Waals surface area contributed by atoms with Gasteiger partial charge in [-0.15, -0.1) is 0 Å². The fraction of sp³-hybridized carbons (Fsp3) is 0.647. The summed E-state index contributed by atoms with van der Waals surface area (Å²) in [5, 5.41) is 0. The van der Waals surface area contributed by atoms with Gasteiger partial charge in [0.15, 0.2) is 0 Å². The van der Waals surface area contributed by atoms with Gasteiger partial charge in [0.2, 0.25) is 0 Å². The van der Waals surface area contributed by atoms with Gasteiger partial charge >= 0.3 is 0 Å². The second-order valence-corrected chi connectivity index (χ2v) is 6.29. The summed E-state index contributed by atoms with van der Waals surface area (Å²) in [5.41, 5.74) is 7.22. The molecule has 0 aromatic heterocycles. The van der Waals surface area contributed by atoms with Crippen LogP contribution in [0.1, 0.15) is 64.0 Å². The Balaban J connectivity index is 2.36. The summed E-state index contributed by atoms with van der Waals surface area (Å²) in [6.07, 6.45) is 7.65. The second-order valence-electron chi connectivity index (χ2n) is 5.44. The summed E-state index contributed by atoms with van der Waals surface area (Å²) >= 11 is 3.58. The largest absolute Gasteiger partial charge is 0.372 e. The molecule has 0 fully saturated rings. The lowest BCUT2D eigenvalue weighted by Gasteiger charge is -2.23. The zero-order valence-electron chi connectivity index (χ0n) is 12.8. The van der Waals surface area contributed by atoms with E-state index in [1.807, 2.05) is 25.1 Å². The number of nitrogens with two attached hydrogens (primary N) is 1. The van der Waals surface area contributed by atoms with E-state index < -0.39 is 0 Å². The summed E-state index contributed by atoms with van der Waals surface area (Å²) in [6, 6.07) is 8.16. The lowest BCUT2D eigenvalue weighted by Crippen LogP contribution is -2.27. The lowest BCUT2D eigenvalue weighted by molar-refractivity contribution is 0.0354. The molecule has 2 nitrogen and oxygen atoms in total. The minimum absolute atomic E-state index is 0.00575. The number of hydrogen-bond donors (Lipinski definition) is 1. The van der Waals surface area contributed by atoms with Crippen molar-refractivity contribution in [1.29, 1.82) is 0 Å². The molecule has 0 saturated carbocycles. The Labute approximate surface area is 132 Å². The summed E-state index contributed by atoms with van der Waals surface area (Å²) in [5.74, 6) is 0. The average Bonchev–Trinajstić information content (AvgIpc) is 2.43. The monoisotopic (exact) mass is 341 g/mol. The maximum atomic E-state index is 6.07. The van der Waals surface area contributed by atoms with Crippen LogP contribution in [0.2, 0.25) is 0 Å². The van der Waals surface area contributed by atoms with Crippen LogP contribution < -0.4 is 5.73 Å². The topological polar surface area (TPSA) is 35.2 Å². The smallest absolute Gasteiger partial charge is 0.0983 e. The molecule has 1 aromatic rings. The molecule has 2 atom stereocenters. The van der Waals surface area contributed by atoms with Gasteiger partial charge in [0.05, 0.1) is 6.10 Å². The SMILES string of the molecule is CCCCCCCCOC(c1ccccc1Br)C(C)N. The standard InChI is InChI=1S/C17H28BrNO/c1-3-4-5-6-7-10-13-20-17(14(2)19)15-11-8-9-12-16(15)18/h8-9,11-12,14,17H,3-7,10,13,19H2,1-2H3. The van der Waals surface area contributed by atoms with Crippen molar-refractivity contribution < 1.29 is 4.74 Å². The number of benzene rings is 1. The van der Waals surface area contributed by atoms with Crippen molar-refractivity contribution in [2.45, 2.75) is 64.5 Å². The molecule has 2 N–H and O–H groups in total. The Bertz CT molecular complexity index is 368. The third-order valence-corrected chi connectivity index (χ3v) is 4.21. The summed E-state index contributed by atoms with van der Waals surface area (Å²) in [6.45, 7) is 5.04. The third kappa shape index (κ3) is 6.38. The first-order valence-corrected chi connectivity index (χ1v) is 8.57. The Morgan fingerprint density at radius 3 is 2.40 bits per heavy atom. The molecule has 1 aromatic carbocycles. The lowest BCUT2D eigenvalue weighted by atomic mass is 10.0. The fourth-order valence-electron chi connectivity index (χ4n) is 2.32. The van der Waals surface area contributed by atoms with E-state index in [0.29, 0.717) is 0 Å². The van der Waals surface area contributed by atoms with Gasteiger partial charge in [0.1, 0.15) is 0 Å². The Morgan fingerprint density at radius 1 is 1.10 bits per heavy atom. The molecular weight excluding hydrogens is 314 g/mol. The van der Waals surface area contributed by atoms with Crippen LogP contribution in [0.5, 0.6) is 0 Å². The van der Waals surface area contributed by atoms with E-state index in [-0.39, 0.29) is 12.1 Å². The Morgan fingerprint density at radius 2 is 1.75 bits per heavy atom. The van der Waals surface area contributed by atoms with Gasteiger partial charge in [0.25, 0.3) is 0 Å². The first-order chi connectivity index (χ1) is 9.66. The first-order valence-electron chi connectivity index (χ1n) is 7.78. The highest BCUT2D eigenvalue weighted by Gasteiger charge is 2.18. The van der Waals surface area contributed by atoms with Gasteiger partial charge < -0.3 is 10.5 Å². The second kappa shape index (κ2) is 10.4. The maximum Gasteiger partial charge on any atom is 0.0983 e. The molecule has 0 saturated heterocycles. The summed E-state index contributed by atoms with van der Waals surface area (Å²) in [4.78, 5) is 0. The van der Waals surface area contributed by atoms with Gasteiger partial charge in [-0.05, 0) is 25.0 Å². The van der Waals surface area contributed by atoms with Crippen LogP contribution in [0.15, 0.2) is 28.7 Å². The molecule has 0 bridgehead atoms. The average molecular weight is 342 g/mol. The van der Waals surface area contributed by atoms with E-state index >= 15 is 0 Å². The maximum absolute atomic E-state index is 6.07. The fourth-order valence-corrected chi connectivity index (χ4v) is 2.83. The molecule has 0 aliphatic heterocycles. The van der Waals surface area contributed by atoms with Crippen molar-refractivity contribution in [3.63, 3.8) is 0 Å². The number of rotatable bonds is 10. The Hall–Kier alpha value is -0.380. The molecule has 3 heteroatoms. The van der Waals surface area contributed by atoms with E-state index in [1.165, 1.54) is 32.1 Å². The van der Waals surface area contributed by atoms with Crippen LogP contribution in [0, 0.1) is 0 Å². The highest BCUT2D eigenvalue weighted by Crippen LogP contribution is 2.28. The molecule has 0 heterocycles. The molecule has 2 unspecified atom stereocenters. The molecule has 114 valence electrons. The van der Waals surface area contributed by atoms with Crippen molar-refractivity contribution in [1.82, 2.24) is 0 Å². The highest BCUT2D eigenvalue weighted by atomic mass is 79.9. The van der Waals surface area contributed by atoms with Crippen LogP contribution in [-0.4, -0.2) is 12.6 Å². The molecule has 0 amide bonds. The molecule has 0 aliphatic rings. The van der Waals surface area contributed by atoms with Gasteiger partial charge in [-0.1, -0.05) is 73.2 Å². The normalized spacial score (nSPS) is 14.2. The quantitative estimate of drug-likeness (QED) is 0.592. The van der Waals surface area contributed by atoms with Crippen LogP contribution >= 0.6 is 15.9 Å². The molecule has 0 aliphatic carbocycles. The summed E-state index contributed by atoms with van der Waals surface area (Å²) in [7, 11) is 0. The van der Waals surface area contributed by atoms with Crippen LogP contribution in [0.3, 0.4) is 0 Å². The van der Waals surface area contributed by atoms with E-state index in [4.69, 9.17) is 10.5 Å². The van der Waals surface area contributed by atoms with Crippen molar-refractivity contribution in [3.05, 3.63) is 34.3 Å². The van der Waals surface area contributed by atoms with E-state index in [2.05, 4.69) is 28.9 Å². The van der Waals surface area contributed by atoms with Crippen LogP contribution in [0.4, 0.5) is 0 Å². The number of hydrogen-bond acceptors (Lipinski definition) is 2. The molecule has 0 spiro atoms. The van der Waals surface area contributed by atoms with E-state index in [9.17, 15) is 0 Å². The van der Waals surface area contributed by atoms with Crippen molar-refractivity contribution in [2.75, 3.05) is 6.61 Å². The highest BCUT2D eigenvalue weighted by molar-refractivity contribution is 9.10. The predicted octanol–water partition coefficient (Wildman–Crippen LogP) is 5.21. The summed E-state index contributed by atoms with van der Waals surface area (Å²) < 4.78 is 7.10. The third-order valence-electron chi connectivity index (χ3n) is 3.48. The van der Waals surface area contributed by atoms with Gasteiger partial charge in [-0.25, -0.2) is 0 Å². The minimum Gasteiger partial charge on any atom is -0.372 e. The molecule has 20 heavy (non-hydrogen) atoms. The van der Waals surface area contributed by atoms with Crippen molar-refractivity contribution >= 4 is 15.9 Å². The van der Waals surface area contributed by atoms with Gasteiger partial charge in [-0.2, -0.15) is 0 Å². The number of ether oxygens (including phenoxy) is 1. The van der Waals surface area contributed by atoms with Crippen LogP contribution in [-0.2, 0) is 4.74 Å². The first kappa shape index (κ1) is 17.7. The van der Waals surface area contributed by atoms with Gasteiger partial charge in [0, 0.05) is 17.1 Å². The predicted molar refractivity (Wildman–Crippen MR) is 89.9 cm³/mol. The number of unbranched alkanes of at least 4 members (excludes halogenated alkanes) is 5. The van der Waals surface area contributed by atoms with Crippen molar-refractivity contribution in [3.8, 4) is 0 Å². The Kier molecular flexibility index (Phi) is 9.16. The van der Waals surface area contributed by atoms with Crippen LogP contribution in [0.25, 0.3) is 0 Å². The van der Waals surface area contributed by atoms with E-state index in [1.54, 1.807) is 0 Å². The van der Waals surface area contributed by atoms with Gasteiger partial charge in [-0.3, -0.25) is 0 Å². The number of halogens is 1.